The van der Waals surface area contributed by atoms with E-state index >= 15 is 0 Å². The Morgan fingerprint density at radius 1 is 1.29 bits per heavy atom. The third kappa shape index (κ3) is 1.82. The summed E-state index contributed by atoms with van der Waals surface area (Å²) in [7, 11) is 1.32. The number of hydrogen-bond donors (Lipinski definition) is 0. The lowest BCUT2D eigenvalue weighted by Crippen LogP contribution is -2.45. The number of hydrogen-bond acceptors (Lipinski definition) is 4. The fourth-order valence-corrected chi connectivity index (χ4v) is 2.59. The number of hydroxylamine groups is 2. The molecule has 2 saturated heterocycles. The molecule has 0 unspecified atom stereocenters. The monoisotopic (exact) mass is 240 g/mol. The Labute approximate surface area is 99.4 Å². The fraction of sp³-hybridized carbons (Fsp3) is 0.727. The van der Waals surface area contributed by atoms with E-state index in [0.29, 0.717) is 25.9 Å². The minimum atomic E-state index is -0.640. The van der Waals surface area contributed by atoms with Gasteiger partial charge in [0.05, 0.1) is 12.5 Å². The molecule has 0 aromatic heterocycles. The molecule has 1 spiro atoms. The molecule has 3 amide bonds. The first-order valence-electron chi connectivity index (χ1n) is 5.67. The van der Waals surface area contributed by atoms with E-state index in [-0.39, 0.29) is 24.1 Å². The Bertz CT molecular complexity index is 372. The van der Waals surface area contributed by atoms with Crippen molar-refractivity contribution in [1.29, 1.82) is 0 Å². The van der Waals surface area contributed by atoms with Gasteiger partial charge in [-0.15, -0.1) is 0 Å². The highest BCUT2D eigenvalue weighted by atomic mass is 16.7. The van der Waals surface area contributed by atoms with Gasteiger partial charge in [0.2, 0.25) is 5.91 Å². The van der Waals surface area contributed by atoms with Crippen LogP contribution < -0.4 is 0 Å². The van der Waals surface area contributed by atoms with Crippen LogP contribution >= 0.6 is 0 Å². The molecular formula is C11H16N2O4. The zero-order chi connectivity index (χ0) is 12.6. The van der Waals surface area contributed by atoms with Crippen LogP contribution in [0.15, 0.2) is 0 Å². The average Bonchev–Trinajstić information content (AvgIpc) is 2.51. The molecule has 6 nitrogen and oxygen atoms in total. The number of piperidine rings is 1. The summed E-state index contributed by atoms with van der Waals surface area (Å²) in [6, 6.07) is 0. The van der Waals surface area contributed by atoms with Crippen molar-refractivity contribution in [2.75, 3.05) is 20.2 Å². The Kier molecular flexibility index (Phi) is 2.91. The molecule has 0 aromatic carbocycles. The van der Waals surface area contributed by atoms with Gasteiger partial charge in [-0.1, -0.05) is 0 Å². The van der Waals surface area contributed by atoms with Crippen LogP contribution in [0, 0.1) is 5.41 Å². The fourth-order valence-electron chi connectivity index (χ4n) is 2.59. The second-order valence-corrected chi connectivity index (χ2v) is 4.64. The summed E-state index contributed by atoms with van der Waals surface area (Å²) in [6.07, 6.45) is 1.28. The van der Waals surface area contributed by atoms with Crippen molar-refractivity contribution < 1.29 is 19.2 Å². The Hall–Kier alpha value is -1.43. The van der Waals surface area contributed by atoms with Gasteiger partial charge in [0, 0.05) is 26.4 Å². The van der Waals surface area contributed by atoms with Gasteiger partial charge in [0.25, 0.3) is 11.8 Å². The van der Waals surface area contributed by atoms with Gasteiger partial charge < -0.3 is 4.90 Å². The molecule has 94 valence electrons. The first kappa shape index (κ1) is 12.0. The van der Waals surface area contributed by atoms with Gasteiger partial charge >= 0.3 is 0 Å². The molecule has 2 heterocycles. The van der Waals surface area contributed by atoms with Crippen LogP contribution in [0.5, 0.6) is 0 Å². The maximum Gasteiger partial charge on any atom is 0.260 e. The van der Waals surface area contributed by atoms with Crippen molar-refractivity contribution in [2.45, 2.75) is 26.2 Å². The Balaban J connectivity index is 2.11. The van der Waals surface area contributed by atoms with E-state index in [2.05, 4.69) is 0 Å². The third-order valence-corrected chi connectivity index (χ3v) is 3.70. The summed E-state index contributed by atoms with van der Waals surface area (Å²) >= 11 is 0. The number of carbonyl (C=O) groups is 3. The van der Waals surface area contributed by atoms with E-state index in [1.54, 1.807) is 4.90 Å². The van der Waals surface area contributed by atoms with E-state index < -0.39 is 5.41 Å². The molecule has 0 bridgehead atoms. The smallest absolute Gasteiger partial charge is 0.260 e. The van der Waals surface area contributed by atoms with E-state index in [1.807, 2.05) is 0 Å². The van der Waals surface area contributed by atoms with Gasteiger partial charge in [-0.2, -0.15) is 5.06 Å². The van der Waals surface area contributed by atoms with Gasteiger partial charge in [-0.25, -0.2) is 0 Å². The number of amides is 3. The second kappa shape index (κ2) is 4.10. The Morgan fingerprint density at radius 2 is 1.88 bits per heavy atom. The van der Waals surface area contributed by atoms with Gasteiger partial charge in [-0.05, 0) is 12.8 Å². The van der Waals surface area contributed by atoms with Gasteiger partial charge in [0.15, 0.2) is 0 Å². The summed E-state index contributed by atoms with van der Waals surface area (Å²) in [5.74, 6) is -0.526. The van der Waals surface area contributed by atoms with E-state index in [1.165, 1.54) is 14.0 Å². The molecule has 0 saturated carbocycles. The standard InChI is InChI=1S/C11H16N2O4/c1-8(14)12-5-3-11(4-6-12)7-9(15)13(17-2)10(11)16/h3-7H2,1-2H3. The molecule has 0 radical (unpaired) electrons. The molecule has 2 aliphatic heterocycles. The third-order valence-electron chi connectivity index (χ3n) is 3.70. The number of rotatable bonds is 1. The molecule has 0 aliphatic carbocycles. The van der Waals surface area contributed by atoms with Crippen LogP contribution in [0.1, 0.15) is 26.2 Å². The maximum absolute atomic E-state index is 12.1. The quantitative estimate of drug-likeness (QED) is 0.602. The summed E-state index contributed by atoms with van der Waals surface area (Å²) in [5, 5.41) is 0.851. The number of nitrogens with zero attached hydrogens (tertiary/aromatic N) is 2. The van der Waals surface area contributed by atoms with Crippen LogP contribution in [0.25, 0.3) is 0 Å². The first-order chi connectivity index (χ1) is 8.00. The predicted molar refractivity (Wildman–Crippen MR) is 57.4 cm³/mol. The minimum Gasteiger partial charge on any atom is -0.343 e. The lowest BCUT2D eigenvalue weighted by molar-refractivity contribution is -0.183. The molecule has 0 N–H and O–H groups in total. The second-order valence-electron chi connectivity index (χ2n) is 4.64. The van der Waals surface area contributed by atoms with Gasteiger partial charge in [-0.3, -0.25) is 19.2 Å². The van der Waals surface area contributed by atoms with Gasteiger partial charge in [0.1, 0.15) is 0 Å². The Morgan fingerprint density at radius 3 is 2.29 bits per heavy atom. The molecule has 2 fully saturated rings. The lowest BCUT2D eigenvalue weighted by Gasteiger charge is -2.36. The van der Waals surface area contributed by atoms with Crippen molar-refractivity contribution in [1.82, 2.24) is 9.96 Å². The van der Waals surface area contributed by atoms with E-state index in [0.717, 1.165) is 5.06 Å². The summed E-state index contributed by atoms with van der Waals surface area (Å²) < 4.78 is 0. The molecule has 17 heavy (non-hydrogen) atoms. The highest BCUT2D eigenvalue weighted by Gasteiger charge is 2.53. The molecule has 6 heteroatoms. The zero-order valence-electron chi connectivity index (χ0n) is 10.1. The molecule has 2 aliphatic rings. The highest BCUT2D eigenvalue weighted by molar-refractivity contribution is 6.04. The number of carbonyl (C=O) groups excluding carboxylic acids is 3. The SMILES string of the molecule is CON1C(=O)CC2(CCN(C(C)=O)CC2)C1=O. The highest BCUT2D eigenvalue weighted by Crippen LogP contribution is 2.42. The van der Waals surface area contributed by atoms with Crippen LogP contribution in [0.3, 0.4) is 0 Å². The number of likely N-dealkylation sites (tertiary alicyclic amines) is 1. The normalized spacial score (nSPS) is 23.6. The van der Waals surface area contributed by atoms with E-state index in [4.69, 9.17) is 4.84 Å². The molecular weight excluding hydrogens is 224 g/mol. The van der Waals surface area contributed by atoms with Crippen molar-refractivity contribution in [2.24, 2.45) is 5.41 Å². The van der Waals surface area contributed by atoms with Crippen LogP contribution in [0.2, 0.25) is 0 Å². The van der Waals surface area contributed by atoms with Crippen LogP contribution in [0.4, 0.5) is 0 Å². The molecule has 2 rings (SSSR count). The summed E-state index contributed by atoms with van der Waals surface area (Å²) in [6.45, 7) is 2.58. The zero-order valence-corrected chi connectivity index (χ0v) is 10.1. The van der Waals surface area contributed by atoms with Crippen LogP contribution in [-0.4, -0.2) is 47.9 Å². The predicted octanol–water partition coefficient (Wildman–Crippen LogP) is -0.0646. The van der Waals surface area contributed by atoms with Crippen molar-refractivity contribution in [3.63, 3.8) is 0 Å². The maximum atomic E-state index is 12.1. The number of imide groups is 1. The largest absolute Gasteiger partial charge is 0.343 e. The topological polar surface area (TPSA) is 66.9 Å². The average molecular weight is 240 g/mol. The summed E-state index contributed by atoms with van der Waals surface area (Å²) in [5.41, 5.74) is -0.640. The van der Waals surface area contributed by atoms with Crippen molar-refractivity contribution in [3.8, 4) is 0 Å². The summed E-state index contributed by atoms with van der Waals surface area (Å²) in [4.78, 5) is 41.4. The minimum absolute atomic E-state index is 0.0141. The molecule has 0 atom stereocenters. The van der Waals surface area contributed by atoms with Crippen molar-refractivity contribution in [3.05, 3.63) is 0 Å². The molecule has 0 aromatic rings. The van der Waals surface area contributed by atoms with Crippen LogP contribution in [-0.2, 0) is 19.2 Å². The van der Waals surface area contributed by atoms with Crippen molar-refractivity contribution >= 4 is 17.7 Å². The van der Waals surface area contributed by atoms with E-state index in [9.17, 15) is 14.4 Å². The first-order valence-corrected chi connectivity index (χ1v) is 5.67. The lowest BCUT2D eigenvalue weighted by atomic mass is 9.77.